The summed E-state index contributed by atoms with van der Waals surface area (Å²) >= 11 is 0. The van der Waals surface area contributed by atoms with Crippen LogP contribution >= 0.6 is 0 Å². The van der Waals surface area contributed by atoms with Gasteiger partial charge in [0.05, 0.1) is 0 Å². The van der Waals surface area contributed by atoms with Crippen LogP contribution in [-0.4, -0.2) is 37.2 Å². The maximum Gasteiger partial charge on any atom is 0.306 e. The Balaban J connectivity index is 4.36. The van der Waals surface area contributed by atoms with Crippen molar-refractivity contribution < 1.29 is 28.6 Å². The Morgan fingerprint density at radius 3 is 0.753 bits per heavy atom. The number of allylic oxidation sites excluding steroid dienone is 10. The minimum absolute atomic E-state index is 0.0747. The predicted octanol–water partition coefficient (Wildman–Crippen LogP) is 23.1. The average Bonchev–Trinajstić information content (AvgIpc) is 3.43. The Bertz CT molecular complexity index is 1380. The standard InChI is InChI=1S/C71H128O6/c1-4-7-10-13-16-19-22-25-28-31-33-34-35-36-38-40-43-46-49-52-55-58-61-64-70(73)76-67-68(66-75-69(72)63-60-57-54-51-48-45-42-39-30-27-24-21-18-15-12-9-6-3)77-71(74)65-62-59-56-53-50-47-44-41-37-32-29-26-23-20-17-14-11-8-5-2/h17,20,22,25-26,29,31,33,35-36,68H,4-16,18-19,21,23-24,27-28,30,32,34,37-67H2,1-3H3/b20-17-,25-22-,29-26-,33-31-,36-35-. The van der Waals surface area contributed by atoms with Gasteiger partial charge in [-0.3, -0.25) is 14.4 Å². The van der Waals surface area contributed by atoms with Crippen molar-refractivity contribution in [2.24, 2.45) is 0 Å². The largest absolute Gasteiger partial charge is 0.462 e. The number of esters is 3. The summed E-state index contributed by atoms with van der Waals surface area (Å²) < 4.78 is 17.0. The minimum atomic E-state index is -0.780. The van der Waals surface area contributed by atoms with Gasteiger partial charge in [0.1, 0.15) is 13.2 Å². The molecule has 0 aliphatic rings. The van der Waals surface area contributed by atoms with Crippen molar-refractivity contribution in [3.8, 4) is 0 Å². The number of rotatable bonds is 62. The molecule has 0 aromatic heterocycles. The maximum absolute atomic E-state index is 12.9. The zero-order valence-corrected chi connectivity index (χ0v) is 51.5. The highest BCUT2D eigenvalue weighted by molar-refractivity contribution is 5.71. The van der Waals surface area contributed by atoms with Crippen LogP contribution in [0.15, 0.2) is 60.8 Å². The molecule has 6 heteroatoms. The second-order valence-electron chi connectivity index (χ2n) is 22.7. The molecule has 1 atom stereocenters. The number of hydrogen-bond acceptors (Lipinski definition) is 6. The second-order valence-corrected chi connectivity index (χ2v) is 22.7. The highest BCUT2D eigenvalue weighted by Crippen LogP contribution is 2.17. The number of carbonyl (C=O) groups excluding carboxylic acids is 3. The summed E-state index contributed by atoms with van der Waals surface area (Å²) in [5.41, 5.74) is 0. The molecule has 0 heterocycles. The number of ether oxygens (including phenoxy) is 3. The molecule has 0 aromatic carbocycles. The molecule has 6 nitrogen and oxygen atoms in total. The topological polar surface area (TPSA) is 78.9 Å². The molecular formula is C71H128O6. The third-order valence-electron chi connectivity index (χ3n) is 15.0. The van der Waals surface area contributed by atoms with E-state index in [2.05, 4.69) is 81.5 Å². The van der Waals surface area contributed by atoms with Crippen molar-refractivity contribution >= 4 is 17.9 Å². The lowest BCUT2D eigenvalue weighted by molar-refractivity contribution is -0.167. The van der Waals surface area contributed by atoms with E-state index in [0.717, 1.165) is 83.5 Å². The van der Waals surface area contributed by atoms with Gasteiger partial charge in [-0.1, -0.05) is 306 Å². The first kappa shape index (κ1) is 74.1. The van der Waals surface area contributed by atoms with Crippen molar-refractivity contribution in [1.29, 1.82) is 0 Å². The van der Waals surface area contributed by atoms with Gasteiger partial charge in [-0.15, -0.1) is 0 Å². The lowest BCUT2D eigenvalue weighted by Gasteiger charge is -2.18. The summed E-state index contributed by atoms with van der Waals surface area (Å²) in [5.74, 6) is -0.864. The quantitative estimate of drug-likeness (QED) is 0.0261. The van der Waals surface area contributed by atoms with E-state index in [1.807, 2.05) is 0 Å². The molecule has 77 heavy (non-hydrogen) atoms. The molecule has 0 amide bonds. The van der Waals surface area contributed by atoms with Gasteiger partial charge in [0.25, 0.3) is 0 Å². The average molecular weight is 1080 g/mol. The number of carbonyl (C=O) groups is 3. The fourth-order valence-corrected chi connectivity index (χ4v) is 9.89. The van der Waals surface area contributed by atoms with Gasteiger partial charge in [0.2, 0.25) is 0 Å². The van der Waals surface area contributed by atoms with Crippen molar-refractivity contribution in [2.75, 3.05) is 13.2 Å². The normalized spacial score (nSPS) is 12.4. The van der Waals surface area contributed by atoms with Gasteiger partial charge in [0.15, 0.2) is 6.10 Å². The Hall–Kier alpha value is -2.89. The Labute approximate surface area is 479 Å². The molecule has 0 N–H and O–H groups in total. The highest BCUT2D eigenvalue weighted by Gasteiger charge is 2.19. The van der Waals surface area contributed by atoms with E-state index in [4.69, 9.17) is 14.2 Å². The van der Waals surface area contributed by atoms with Gasteiger partial charge in [0, 0.05) is 19.3 Å². The number of hydrogen-bond donors (Lipinski definition) is 0. The van der Waals surface area contributed by atoms with Crippen molar-refractivity contribution in [3.05, 3.63) is 60.8 Å². The summed E-state index contributed by atoms with van der Waals surface area (Å²) in [4.78, 5) is 38.4. The van der Waals surface area contributed by atoms with Crippen molar-refractivity contribution in [1.82, 2.24) is 0 Å². The Morgan fingerprint density at radius 1 is 0.260 bits per heavy atom. The van der Waals surface area contributed by atoms with E-state index in [9.17, 15) is 14.4 Å². The molecule has 0 saturated heterocycles. The molecule has 1 unspecified atom stereocenters. The van der Waals surface area contributed by atoms with Crippen LogP contribution in [0.5, 0.6) is 0 Å². The fourth-order valence-electron chi connectivity index (χ4n) is 9.89. The molecule has 448 valence electrons. The van der Waals surface area contributed by atoms with Crippen LogP contribution in [0.2, 0.25) is 0 Å². The zero-order valence-electron chi connectivity index (χ0n) is 51.5. The first-order chi connectivity index (χ1) is 38.0. The highest BCUT2D eigenvalue weighted by atomic mass is 16.6. The Morgan fingerprint density at radius 2 is 0.468 bits per heavy atom. The molecule has 0 saturated carbocycles. The van der Waals surface area contributed by atoms with E-state index in [-0.39, 0.29) is 31.1 Å². The molecule has 0 fully saturated rings. The molecule has 0 spiro atoms. The van der Waals surface area contributed by atoms with Crippen LogP contribution in [0.4, 0.5) is 0 Å². The SMILES string of the molecule is CCCCC/C=C\C/C=C\CCCCCCCCCCCC(=O)OC(COC(=O)CCCCCCCCCC/C=C\C/C=C\C/C=C\CCCCCCC)COC(=O)CCCCCCCCCCCCCCCCCCC. The van der Waals surface area contributed by atoms with Gasteiger partial charge in [-0.2, -0.15) is 0 Å². The van der Waals surface area contributed by atoms with E-state index >= 15 is 0 Å². The molecule has 0 bridgehead atoms. The fraction of sp³-hybridized carbons (Fsp3) is 0.817. The van der Waals surface area contributed by atoms with Gasteiger partial charge in [-0.25, -0.2) is 0 Å². The third kappa shape index (κ3) is 63.8. The molecule has 0 rings (SSSR count). The lowest BCUT2D eigenvalue weighted by Crippen LogP contribution is -2.30. The first-order valence-electron chi connectivity index (χ1n) is 33.8. The van der Waals surface area contributed by atoms with Crippen LogP contribution in [0.3, 0.4) is 0 Å². The minimum Gasteiger partial charge on any atom is -0.462 e. The maximum atomic E-state index is 12.9. The van der Waals surface area contributed by atoms with E-state index in [1.165, 1.54) is 231 Å². The summed E-state index contributed by atoms with van der Waals surface area (Å²) in [6.45, 7) is 6.65. The van der Waals surface area contributed by atoms with E-state index in [1.54, 1.807) is 0 Å². The molecule has 0 radical (unpaired) electrons. The van der Waals surface area contributed by atoms with Gasteiger partial charge < -0.3 is 14.2 Å². The third-order valence-corrected chi connectivity index (χ3v) is 15.0. The molecule has 0 aromatic rings. The van der Waals surface area contributed by atoms with E-state index < -0.39 is 6.10 Å². The van der Waals surface area contributed by atoms with Gasteiger partial charge >= 0.3 is 17.9 Å². The van der Waals surface area contributed by atoms with Crippen LogP contribution in [0.1, 0.15) is 355 Å². The van der Waals surface area contributed by atoms with Crippen LogP contribution in [0, 0.1) is 0 Å². The summed E-state index contributed by atoms with van der Waals surface area (Å²) in [6.07, 6.45) is 83.7. The Kier molecular flexibility index (Phi) is 63.2. The lowest BCUT2D eigenvalue weighted by atomic mass is 10.0. The summed E-state index contributed by atoms with van der Waals surface area (Å²) in [5, 5.41) is 0. The summed E-state index contributed by atoms with van der Waals surface area (Å²) in [6, 6.07) is 0. The van der Waals surface area contributed by atoms with E-state index in [0.29, 0.717) is 19.3 Å². The number of unbranched alkanes of at least 4 members (excludes halogenated alkanes) is 41. The van der Waals surface area contributed by atoms with Crippen molar-refractivity contribution in [3.63, 3.8) is 0 Å². The van der Waals surface area contributed by atoms with Crippen molar-refractivity contribution in [2.45, 2.75) is 361 Å². The van der Waals surface area contributed by atoms with Gasteiger partial charge in [-0.05, 0) is 89.9 Å². The first-order valence-corrected chi connectivity index (χ1v) is 33.8. The zero-order chi connectivity index (χ0) is 55.7. The molecule has 0 aliphatic heterocycles. The van der Waals surface area contributed by atoms with Crippen LogP contribution < -0.4 is 0 Å². The van der Waals surface area contributed by atoms with Crippen LogP contribution in [0.25, 0.3) is 0 Å². The van der Waals surface area contributed by atoms with Crippen LogP contribution in [-0.2, 0) is 28.6 Å². The predicted molar refractivity (Wildman–Crippen MR) is 335 cm³/mol. The molecule has 0 aliphatic carbocycles. The second kappa shape index (κ2) is 65.6. The summed E-state index contributed by atoms with van der Waals surface area (Å²) in [7, 11) is 0. The smallest absolute Gasteiger partial charge is 0.306 e. The molecular weight excluding hydrogens is 949 g/mol. The monoisotopic (exact) mass is 1080 g/mol.